The summed E-state index contributed by atoms with van der Waals surface area (Å²) in [5.74, 6) is -1.60. The number of aliphatic hydroxyl groups excluding tert-OH is 3. The number of rotatable bonds is 10. The van der Waals surface area contributed by atoms with Crippen molar-refractivity contribution in [3.05, 3.63) is 71.3 Å². The minimum atomic E-state index is -1.39. The van der Waals surface area contributed by atoms with Crippen molar-refractivity contribution in [3.63, 3.8) is 0 Å². The number of benzene rings is 2. The molecule has 0 radical (unpaired) electrons. The predicted octanol–water partition coefficient (Wildman–Crippen LogP) is 3.52. The molecule has 0 aliphatic heterocycles. The topological polar surface area (TPSA) is 119 Å². The summed E-state index contributed by atoms with van der Waals surface area (Å²) in [7, 11) is 0. The van der Waals surface area contributed by atoms with Crippen molar-refractivity contribution in [2.24, 2.45) is 17.8 Å². The third-order valence-electron chi connectivity index (χ3n) is 8.32. The van der Waals surface area contributed by atoms with Crippen molar-refractivity contribution in [3.8, 4) is 0 Å². The largest absolute Gasteiger partial charge is 0.390 e. The van der Waals surface area contributed by atoms with Gasteiger partial charge in [0.05, 0.1) is 30.2 Å². The average molecular weight is 523 g/mol. The van der Waals surface area contributed by atoms with E-state index in [1.54, 1.807) is 24.3 Å². The van der Waals surface area contributed by atoms with Crippen LogP contribution in [0.25, 0.3) is 0 Å². The van der Waals surface area contributed by atoms with Gasteiger partial charge in [0.2, 0.25) is 5.91 Å². The third kappa shape index (κ3) is 6.63. The van der Waals surface area contributed by atoms with Crippen LogP contribution >= 0.6 is 0 Å². The van der Waals surface area contributed by atoms with Gasteiger partial charge < -0.3 is 26.0 Å². The number of aliphatic hydroxyl groups is 3. The minimum Gasteiger partial charge on any atom is -0.390 e. The highest BCUT2D eigenvalue weighted by atomic mass is 16.3. The van der Waals surface area contributed by atoms with Gasteiger partial charge in [-0.3, -0.25) is 9.59 Å². The first-order chi connectivity index (χ1) is 18.3. The highest BCUT2D eigenvalue weighted by molar-refractivity contribution is 5.94. The van der Waals surface area contributed by atoms with E-state index in [4.69, 9.17) is 0 Å². The van der Waals surface area contributed by atoms with Gasteiger partial charge in [0.1, 0.15) is 6.10 Å². The number of nitrogens with one attached hydrogen (secondary N) is 2. The average Bonchev–Trinajstić information content (AvgIpc) is 3.23. The van der Waals surface area contributed by atoms with Crippen LogP contribution in [0.2, 0.25) is 0 Å². The molecular weight excluding hydrogens is 480 g/mol. The first-order valence-electron chi connectivity index (χ1n) is 14.0. The zero-order valence-electron chi connectivity index (χ0n) is 22.4. The molecule has 0 unspecified atom stereocenters. The van der Waals surface area contributed by atoms with Crippen LogP contribution in [-0.4, -0.2) is 51.5 Å². The molecule has 0 saturated heterocycles. The fraction of sp³-hybridized carbons (Fsp3) is 0.548. The molecular formula is C31H42N2O5. The quantitative estimate of drug-likeness (QED) is 0.327. The van der Waals surface area contributed by atoms with Crippen LogP contribution in [0.1, 0.15) is 79.9 Å². The minimum absolute atomic E-state index is 0.284. The van der Waals surface area contributed by atoms with Crippen LogP contribution in [-0.2, 0) is 11.2 Å². The molecule has 7 heteroatoms. The number of fused-ring (bicyclic) bond motifs is 1. The molecule has 2 aliphatic rings. The van der Waals surface area contributed by atoms with Gasteiger partial charge in [-0.05, 0) is 41.5 Å². The second-order valence-electron chi connectivity index (χ2n) is 11.4. The van der Waals surface area contributed by atoms with E-state index in [9.17, 15) is 24.9 Å². The van der Waals surface area contributed by atoms with Crippen molar-refractivity contribution in [2.75, 3.05) is 0 Å². The molecule has 38 heavy (non-hydrogen) atoms. The summed E-state index contributed by atoms with van der Waals surface area (Å²) in [6.07, 6.45) is 2.98. The van der Waals surface area contributed by atoms with E-state index in [0.717, 1.165) is 36.8 Å². The van der Waals surface area contributed by atoms with Crippen molar-refractivity contribution < 1.29 is 24.9 Å². The van der Waals surface area contributed by atoms with Gasteiger partial charge in [-0.1, -0.05) is 88.4 Å². The van der Waals surface area contributed by atoms with E-state index in [-0.39, 0.29) is 11.8 Å². The summed E-state index contributed by atoms with van der Waals surface area (Å²) < 4.78 is 0. The number of hydrogen-bond donors (Lipinski definition) is 5. The Morgan fingerprint density at radius 3 is 2.26 bits per heavy atom. The Morgan fingerprint density at radius 1 is 0.921 bits per heavy atom. The van der Waals surface area contributed by atoms with E-state index in [1.165, 1.54) is 6.42 Å². The van der Waals surface area contributed by atoms with Gasteiger partial charge in [-0.2, -0.15) is 0 Å². The summed E-state index contributed by atoms with van der Waals surface area (Å²) in [5.41, 5.74) is 2.34. The first kappa shape index (κ1) is 28.3. The number of amides is 2. The molecule has 5 N–H and O–H groups in total. The van der Waals surface area contributed by atoms with Crippen LogP contribution in [0.15, 0.2) is 54.6 Å². The molecule has 2 aromatic rings. The summed E-state index contributed by atoms with van der Waals surface area (Å²) in [6.45, 7) is 3.66. The fourth-order valence-electron chi connectivity index (χ4n) is 6.21. The Hall–Kier alpha value is -2.74. The lowest BCUT2D eigenvalue weighted by atomic mass is 9.79. The molecule has 0 bridgehead atoms. The Labute approximate surface area is 225 Å². The van der Waals surface area contributed by atoms with E-state index in [0.29, 0.717) is 24.3 Å². The maximum atomic E-state index is 13.5. The van der Waals surface area contributed by atoms with Crippen LogP contribution < -0.4 is 10.6 Å². The van der Waals surface area contributed by atoms with Crippen LogP contribution in [0.3, 0.4) is 0 Å². The zero-order chi connectivity index (χ0) is 27.2. The standard InChI is InChI=1S/C31H42N2O5/c1-19(2)26(31(38)33-27-23-16-10-9-15-22(23)18-25(27)34)29(36)28(35)24(17-20-11-5-3-6-12-20)32-30(37)21-13-7-4-8-14-21/h4,7-10,13-16,19-20,24-29,34-36H,3,5-6,11-12,17-18H2,1-2H3,(H,32,37)(H,33,38)/t24-,25-,26-,27+,28-,29-/m1/s1. The van der Waals surface area contributed by atoms with E-state index < -0.39 is 42.2 Å². The van der Waals surface area contributed by atoms with E-state index in [1.807, 2.05) is 44.2 Å². The van der Waals surface area contributed by atoms with Crippen molar-refractivity contribution in [2.45, 2.75) is 89.2 Å². The summed E-state index contributed by atoms with van der Waals surface area (Å²) in [5, 5.41) is 39.4. The molecule has 1 fully saturated rings. The Bertz CT molecular complexity index is 1070. The van der Waals surface area contributed by atoms with Crippen molar-refractivity contribution in [1.82, 2.24) is 10.6 Å². The van der Waals surface area contributed by atoms with Crippen molar-refractivity contribution >= 4 is 11.8 Å². The van der Waals surface area contributed by atoms with Gasteiger partial charge in [0.25, 0.3) is 5.91 Å². The molecule has 0 spiro atoms. The monoisotopic (exact) mass is 522 g/mol. The van der Waals surface area contributed by atoms with Crippen LogP contribution in [0.5, 0.6) is 0 Å². The molecule has 2 aliphatic carbocycles. The lowest BCUT2D eigenvalue weighted by Crippen LogP contribution is -2.55. The van der Waals surface area contributed by atoms with E-state index >= 15 is 0 Å². The molecule has 0 heterocycles. The molecule has 7 nitrogen and oxygen atoms in total. The molecule has 2 amide bonds. The second-order valence-corrected chi connectivity index (χ2v) is 11.4. The summed E-state index contributed by atoms with van der Waals surface area (Å²) >= 11 is 0. The molecule has 206 valence electrons. The normalized spacial score (nSPS) is 22.8. The van der Waals surface area contributed by atoms with Crippen LogP contribution in [0, 0.1) is 17.8 Å². The molecule has 1 saturated carbocycles. The summed E-state index contributed by atoms with van der Waals surface area (Å²) in [6, 6.07) is 15.2. The Balaban J connectivity index is 1.51. The van der Waals surface area contributed by atoms with Gasteiger partial charge in [-0.25, -0.2) is 0 Å². The maximum Gasteiger partial charge on any atom is 0.251 e. The third-order valence-corrected chi connectivity index (χ3v) is 8.32. The summed E-state index contributed by atoms with van der Waals surface area (Å²) in [4.78, 5) is 26.6. The number of carbonyl (C=O) groups excluding carboxylic acids is 2. The first-order valence-corrected chi connectivity index (χ1v) is 14.0. The molecule has 6 atom stereocenters. The van der Waals surface area contributed by atoms with Gasteiger partial charge in [-0.15, -0.1) is 0 Å². The highest BCUT2D eigenvalue weighted by Crippen LogP contribution is 2.33. The Kier molecular flexibility index (Phi) is 9.58. The van der Waals surface area contributed by atoms with Gasteiger partial charge in [0, 0.05) is 12.0 Å². The molecule has 4 rings (SSSR count). The second kappa shape index (κ2) is 12.9. The SMILES string of the molecule is CC(C)[C@@H](C(=O)N[C@H]1c2ccccc2C[C@H]1O)[C@@H](O)[C@H](O)[C@@H](CC1CCCCC1)NC(=O)c1ccccc1. The number of hydrogen-bond acceptors (Lipinski definition) is 5. The lowest BCUT2D eigenvalue weighted by Gasteiger charge is -2.36. The molecule has 2 aromatic carbocycles. The van der Waals surface area contributed by atoms with E-state index in [2.05, 4.69) is 10.6 Å². The van der Waals surface area contributed by atoms with Crippen LogP contribution in [0.4, 0.5) is 0 Å². The van der Waals surface area contributed by atoms with Crippen molar-refractivity contribution in [1.29, 1.82) is 0 Å². The fourth-order valence-corrected chi connectivity index (χ4v) is 6.21. The molecule has 0 aromatic heterocycles. The zero-order valence-corrected chi connectivity index (χ0v) is 22.4. The maximum absolute atomic E-state index is 13.5. The van der Waals surface area contributed by atoms with Gasteiger partial charge in [0.15, 0.2) is 0 Å². The number of carbonyl (C=O) groups is 2. The lowest BCUT2D eigenvalue weighted by molar-refractivity contribution is -0.137. The Morgan fingerprint density at radius 2 is 1.58 bits per heavy atom. The highest BCUT2D eigenvalue weighted by Gasteiger charge is 2.41. The van der Waals surface area contributed by atoms with Gasteiger partial charge >= 0.3 is 0 Å². The predicted molar refractivity (Wildman–Crippen MR) is 146 cm³/mol. The smallest absolute Gasteiger partial charge is 0.251 e.